The van der Waals surface area contributed by atoms with E-state index in [0.717, 1.165) is 39.8 Å². The summed E-state index contributed by atoms with van der Waals surface area (Å²) in [6.45, 7) is 4.31. The Bertz CT molecular complexity index is 1540. The molecule has 0 spiro atoms. The molecule has 0 aliphatic carbocycles. The maximum absolute atomic E-state index is 13.8. The lowest BCUT2D eigenvalue weighted by atomic mass is 9.87. The Labute approximate surface area is 208 Å². The third-order valence-corrected chi connectivity index (χ3v) is 7.50. The number of hydrogen-bond acceptors (Lipinski definition) is 3. The second-order valence-corrected chi connectivity index (χ2v) is 9.43. The summed E-state index contributed by atoms with van der Waals surface area (Å²) in [7, 11) is 0. The Hall–Kier alpha value is -4.39. The summed E-state index contributed by atoms with van der Waals surface area (Å²) < 4.78 is 0. The summed E-state index contributed by atoms with van der Waals surface area (Å²) in [5, 5.41) is 4.05. The zero-order valence-corrected chi connectivity index (χ0v) is 20.2. The number of urea groups is 1. The predicted octanol–water partition coefficient (Wildman–Crippen LogP) is 5.22. The van der Waals surface area contributed by atoms with Crippen molar-refractivity contribution >= 4 is 40.1 Å². The van der Waals surface area contributed by atoms with Crippen LogP contribution in [0.5, 0.6) is 0 Å². The number of amides is 4. The van der Waals surface area contributed by atoms with Crippen LogP contribution in [0, 0.1) is 0 Å². The Morgan fingerprint density at radius 1 is 1.00 bits per heavy atom. The summed E-state index contributed by atoms with van der Waals surface area (Å²) in [5.74, 6) is -0.539. The molecule has 0 saturated carbocycles. The number of nitrogens with zero attached hydrogens (tertiary/aromatic N) is 2. The molecule has 2 aliphatic heterocycles. The highest BCUT2D eigenvalue weighted by molar-refractivity contribution is 6.23. The van der Waals surface area contributed by atoms with E-state index in [1.807, 2.05) is 62.4 Å². The fourth-order valence-corrected chi connectivity index (χ4v) is 5.53. The molecule has 6 rings (SSSR count). The first-order chi connectivity index (χ1) is 17.4. The third-order valence-electron chi connectivity index (χ3n) is 7.50. The number of para-hydroxylation sites is 2. The Morgan fingerprint density at radius 2 is 1.72 bits per heavy atom. The molecular formula is C29H26N4O3. The van der Waals surface area contributed by atoms with Gasteiger partial charge in [-0.15, -0.1) is 0 Å². The molecule has 2 N–H and O–H groups in total. The Morgan fingerprint density at radius 3 is 2.50 bits per heavy atom. The van der Waals surface area contributed by atoms with Gasteiger partial charge in [0.1, 0.15) is 0 Å². The molecule has 3 heterocycles. The van der Waals surface area contributed by atoms with Gasteiger partial charge < -0.3 is 15.2 Å². The molecule has 1 saturated heterocycles. The number of hydrogen-bond donors (Lipinski definition) is 2. The quantitative estimate of drug-likeness (QED) is 0.394. The fourth-order valence-electron chi connectivity index (χ4n) is 5.53. The van der Waals surface area contributed by atoms with Gasteiger partial charge in [0.25, 0.3) is 11.8 Å². The van der Waals surface area contributed by atoms with Crippen LogP contribution in [0.15, 0.2) is 72.8 Å². The first-order valence-corrected chi connectivity index (χ1v) is 12.2. The van der Waals surface area contributed by atoms with Crippen LogP contribution in [-0.2, 0) is 23.2 Å². The molecule has 0 radical (unpaired) electrons. The van der Waals surface area contributed by atoms with Crippen molar-refractivity contribution in [3.63, 3.8) is 0 Å². The number of fused-ring (bicyclic) bond motifs is 5. The molecule has 180 valence electrons. The van der Waals surface area contributed by atoms with Crippen LogP contribution >= 0.6 is 0 Å². The van der Waals surface area contributed by atoms with Gasteiger partial charge in [-0.1, -0.05) is 43.3 Å². The minimum atomic E-state index is -1.11. The van der Waals surface area contributed by atoms with E-state index in [1.165, 1.54) is 4.90 Å². The normalized spacial score (nSPS) is 18.9. The van der Waals surface area contributed by atoms with E-state index >= 15 is 0 Å². The molecule has 1 fully saturated rings. The molecule has 4 amide bonds. The molecule has 36 heavy (non-hydrogen) atoms. The van der Waals surface area contributed by atoms with Gasteiger partial charge in [-0.05, 0) is 67.3 Å². The molecule has 0 bridgehead atoms. The van der Waals surface area contributed by atoms with Crippen molar-refractivity contribution < 1.29 is 14.4 Å². The standard InChI is InChI=1S/C29H26N4O3/c1-3-18-8-4-6-10-23(18)31-26(34)19-12-14-20(15-13-19)33-27(35)29(2)25-22(16-17-32(29)28(33)36)21-9-5-7-11-24(21)30-25/h4-15,30H,3,16-17H2,1-2H3,(H,31,34)/t29-/m0/s1. The molecule has 3 aromatic carbocycles. The summed E-state index contributed by atoms with van der Waals surface area (Å²) in [4.78, 5) is 46.4. The van der Waals surface area contributed by atoms with Crippen molar-refractivity contribution in [3.05, 3.63) is 95.2 Å². The predicted molar refractivity (Wildman–Crippen MR) is 139 cm³/mol. The van der Waals surface area contributed by atoms with Crippen molar-refractivity contribution in [3.8, 4) is 0 Å². The minimum Gasteiger partial charge on any atom is -0.356 e. The number of aryl methyl sites for hydroxylation is 1. The lowest BCUT2D eigenvalue weighted by Gasteiger charge is -2.35. The second-order valence-electron chi connectivity index (χ2n) is 9.43. The van der Waals surface area contributed by atoms with Crippen LogP contribution in [-0.4, -0.2) is 34.3 Å². The smallest absolute Gasteiger partial charge is 0.332 e. The highest BCUT2D eigenvalue weighted by Crippen LogP contribution is 2.45. The summed E-state index contributed by atoms with van der Waals surface area (Å²) in [5.41, 5.74) is 4.45. The van der Waals surface area contributed by atoms with E-state index in [2.05, 4.69) is 10.3 Å². The molecule has 7 nitrogen and oxygen atoms in total. The van der Waals surface area contributed by atoms with Crippen LogP contribution in [0.4, 0.5) is 16.2 Å². The van der Waals surface area contributed by atoms with E-state index in [9.17, 15) is 14.4 Å². The highest BCUT2D eigenvalue weighted by Gasteiger charge is 2.59. The molecule has 4 aromatic rings. The zero-order valence-electron chi connectivity index (χ0n) is 20.2. The van der Waals surface area contributed by atoms with Crippen LogP contribution in [0.25, 0.3) is 10.9 Å². The molecule has 7 heteroatoms. The largest absolute Gasteiger partial charge is 0.356 e. The van der Waals surface area contributed by atoms with Crippen molar-refractivity contribution in [2.45, 2.75) is 32.2 Å². The van der Waals surface area contributed by atoms with Crippen molar-refractivity contribution in [2.75, 3.05) is 16.8 Å². The number of carbonyl (C=O) groups is 3. The van der Waals surface area contributed by atoms with Gasteiger partial charge in [-0.3, -0.25) is 9.59 Å². The third kappa shape index (κ3) is 3.09. The Balaban J connectivity index is 1.30. The SMILES string of the molecule is CCc1ccccc1NC(=O)c1ccc(N2C(=O)N3CCc4c([nH]c5ccccc45)[C@@]3(C)C2=O)cc1. The van der Waals surface area contributed by atoms with E-state index < -0.39 is 5.54 Å². The number of anilines is 2. The van der Waals surface area contributed by atoms with Crippen LogP contribution in [0.2, 0.25) is 0 Å². The van der Waals surface area contributed by atoms with Gasteiger partial charge in [-0.2, -0.15) is 0 Å². The monoisotopic (exact) mass is 478 g/mol. The number of benzene rings is 3. The summed E-state index contributed by atoms with van der Waals surface area (Å²) in [6, 6.07) is 21.9. The Kier molecular flexibility index (Phi) is 4.96. The molecule has 1 aromatic heterocycles. The van der Waals surface area contributed by atoms with E-state index in [-0.39, 0.29) is 17.8 Å². The first-order valence-electron chi connectivity index (χ1n) is 12.2. The number of nitrogens with one attached hydrogen (secondary N) is 2. The maximum Gasteiger partial charge on any atom is 0.332 e. The van der Waals surface area contributed by atoms with Gasteiger partial charge in [0.15, 0.2) is 5.54 Å². The lowest BCUT2D eigenvalue weighted by Crippen LogP contribution is -2.49. The highest BCUT2D eigenvalue weighted by atomic mass is 16.2. The van der Waals surface area contributed by atoms with E-state index in [4.69, 9.17) is 0 Å². The zero-order chi connectivity index (χ0) is 25.0. The van der Waals surface area contributed by atoms with Gasteiger partial charge in [0.05, 0.1) is 11.4 Å². The van der Waals surface area contributed by atoms with E-state index in [1.54, 1.807) is 29.2 Å². The maximum atomic E-state index is 13.8. The summed E-state index contributed by atoms with van der Waals surface area (Å²) in [6.07, 6.45) is 1.49. The number of rotatable bonds is 4. The van der Waals surface area contributed by atoms with Crippen LogP contribution < -0.4 is 10.2 Å². The molecule has 2 aliphatic rings. The van der Waals surface area contributed by atoms with Gasteiger partial charge in [0, 0.05) is 28.7 Å². The van der Waals surface area contributed by atoms with Crippen molar-refractivity contribution in [2.24, 2.45) is 0 Å². The van der Waals surface area contributed by atoms with Crippen molar-refractivity contribution in [1.29, 1.82) is 0 Å². The second kappa shape index (κ2) is 8.09. The van der Waals surface area contributed by atoms with Gasteiger partial charge in [0.2, 0.25) is 0 Å². The van der Waals surface area contributed by atoms with Crippen LogP contribution in [0.1, 0.15) is 41.0 Å². The average Bonchev–Trinajstić information content (AvgIpc) is 3.38. The number of aromatic nitrogens is 1. The van der Waals surface area contributed by atoms with Crippen LogP contribution in [0.3, 0.4) is 0 Å². The number of imide groups is 1. The lowest BCUT2D eigenvalue weighted by molar-refractivity contribution is -0.125. The van der Waals surface area contributed by atoms with Gasteiger partial charge >= 0.3 is 6.03 Å². The fraction of sp³-hybridized carbons (Fsp3) is 0.207. The number of carbonyl (C=O) groups excluding carboxylic acids is 3. The average molecular weight is 479 g/mol. The number of aromatic amines is 1. The molecular weight excluding hydrogens is 452 g/mol. The van der Waals surface area contributed by atoms with Crippen molar-refractivity contribution in [1.82, 2.24) is 9.88 Å². The van der Waals surface area contributed by atoms with Gasteiger partial charge in [-0.25, -0.2) is 9.69 Å². The molecule has 1 atom stereocenters. The topological polar surface area (TPSA) is 85.5 Å². The summed E-state index contributed by atoms with van der Waals surface area (Å²) >= 11 is 0. The van der Waals surface area contributed by atoms with E-state index in [0.29, 0.717) is 24.2 Å². The number of H-pyrrole nitrogens is 1. The minimum absolute atomic E-state index is 0.242. The molecule has 0 unspecified atom stereocenters. The first kappa shape index (κ1) is 22.1.